The molecule has 5 nitrogen and oxygen atoms in total. The molecule has 0 saturated carbocycles. The Balaban J connectivity index is 2.91. The van der Waals surface area contributed by atoms with Crippen molar-refractivity contribution in [2.24, 2.45) is 5.14 Å². The first kappa shape index (κ1) is 8.88. The molecule has 0 aliphatic rings. The van der Waals surface area contributed by atoms with E-state index >= 15 is 0 Å². The zero-order chi connectivity index (χ0) is 9.19. The van der Waals surface area contributed by atoms with Gasteiger partial charge in [-0.2, -0.15) is 12.8 Å². The first-order valence-electron chi connectivity index (χ1n) is 2.90. The zero-order valence-corrected chi connectivity index (χ0v) is 6.68. The maximum Gasteiger partial charge on any atom is 0.297 e. The third kappa shape index (κ3) is 2.81. The minimum Gasteiger partial charge on any atom is -0.255 e. The Morgan fingerprint density at radius 3 is 2.67 bits per heavy atom. The Morgan fingerprint density at radius 1 is 1.50 bits per heavy atom. The minimum absolute atomic E-state index is 0.141. The normalized spacial score (nSPS) is 11.2. The largest absolute Gasteiger partial charge is 0.297 e. The van der Waals surface area contributed by atoms with Gasteiger partial charge in [-0.25, -0.2) is 10.1 Å². The molecule has 1 aromatic heterocycles. The number of nitrogens with two attached hydrogens (primary N) is 1. The summed E-state index contributed by atoms with van der Waals surface area (Å²) in [5.41, 5.74) is 0. The van der Waals surface area contributed by atoms with Crippen molar-refractivity contribution in [3.8, 4) is 0 Å². The summed E-state index contributed by atoms with van der Waals surface area (Å²) >= 11 is 0. The number of rotatable bonds is 2. The molecule has 0 fully saturated rings. The highest BCUT2D eigenvalue weighted by Gasteiger charge is 2.02. The lowest BCUT2D eigenvalue weighted by Crippen LogP contribution is -2.22. The third-order valence-electron chi connectivity index (χ3n) is 0.962. The highest BCUT2D eigenvalue weighted by molar-refractivity contribution is 7.90. The molecule has 1 rings (SSSR count). The van der Waals surface area contributed by atoms with Crippen molar-refractivity contribution in [2.75, 3.05) is 4.72 Å². The van der Waals surface area contributed by atoms with E-state index in [0.29, 0.717) is 0 Å². The van der Waals surface area contributed by atoms with E-state index in [0.717, 1.165) is 6.07 Å². The fourth-order valence-electron chi connectivity index (χ4n) is 0.611. The van der Waals surface area contributed by atoms with Gasteiger partial charge in [0, 0.05) is 0 Å². The van der Waals surface area contributed by atoms with Crippen LogP contribution in [0.4, 0.5) is 10.2 Å². The van der Waals surface area contributed by atoms with E-state index in [9.17, 15) is 12.8 Å². The van der Waals surface area contributed by atoms with Crippen LogP contribution < -0.4 is 9.86 Å². The number of aromatic nitrogens is 1. The lowest BCUT2D eigenvalue weighted by atomic mass is 10.5. The number of hydrogen-bond donors (Lipinski definition) is 2. The van der Waals surface area contributed by atoms with Crippen molar-refractivity contribution in [3.05, 3.63) is 24.1 Å². The van der Waals surface area contributed by atoms with Gasteiger partial charge < -0.3 is 0 Å². The number of anilines is 1. The van der Waals surface area contributed by atoms with Gasteiger partial charge >= 0.3 is 0 Å². The molecule has 66 valence electrons. The summed E-state index contributed by atoms with van der Waals surface area (Å²) in [4.78, 5) is 3.22. The molecular formula is C5H6FN3O2S. The molecule has 0 saturated heterocycles. The molecule has 0 amide bonds. The van der Waals surface area contributed by atoms with E-state index < -0.39 is 16.2 Å². The Bertz CT molecular complexity index is 378. The van der Waals surface area contributed by atoms with Crippen molar-refractivity contribution in [3.63, 3.8) is 0 Å². The maximum absolute atomic E-state index is 12.4. The summed E-state index contributed by atoms with van der Waals surface area (Å²) in [6.07, 6.45) is 0. The molecule has 12 heavy (non-hydrogen) atoms. The molecule has 7 heteroatoms. The Labute approximate surface area is 68.6 Å². The summed E-state index contributed by atoms with van der Waals surface area (Å²) in [6, 6.07) is 3.69. The van der Waals surface area contributed by atoms with Crippen LogP contribution in [0.5, 0.6) is 0 Å². The topological polar surface area (TPSA) is 85.1 Å². The van der Waals surface area contributed by atoms with E-state index in [2.05, 4.69) is 10.1 Å². The van der Waals surface area contributed by atoms with Gasteiger partial charge in [0.25, 0.3) is 10.2 Å². The standard InChI is InChI=1S/C5H6FN3O2S/c6-4-2-1-3-5(8-4)9-12(7,10)11/h1-3H,(H,8,9)(H2,7,10,11). The van der Waals surface area contributed by atoms with Crippen LogP contribution >= 0.6 is 0 Å². The van der Waals surface area contributed by atoms with Crippen molar-refractivity contribution < 1.29 is 12.8 Å². The summed E-state index contributed by atoms with van der Waals surface area (Å²) in [7, 11) is -3.87. The number of nitrogens with zero attached hydrogens (tertiary/aromatic N) is 1. The number of hydrogen-bond acceptors (Lipinski definition) is 3. The molecule has 1 aromatic rings. The summed E-state index contributed by atoms with van der Waals surface area (Å²) in [5, 5.41) is 4.62. The van der Waals surface area contributed by atoms with Crippen LogP contribution in [-0.4, -0.2) is 13.4 Å². The maximum atomic E-state index is 12.4. The lowest BCUT2D eigenvalue weighted by Gasteiger charge is -2.00. The van der Waals surface area contributed by atoms with E-state index in [1.54, 1.807) is 0 Å². The van der Waals surface area contributed by atoms with E-state index in [4.69, 9.17) is 0 Å². The van der Waals surface area contributed by atoms with Crippen LogP contribution in [0.15, 0.2) is 18.2 Å². The summed E-state index contributed by atoms with van der Waals surface area (Å²) < 4.78 is 35.0. The minimum atomic E-state index is -3.87. The molecule has 1 heterocycles. The van der Waals surface area contributed by atoms with Gasteiger partial charge in [0.05, 0.1) is 0 Å². The van der Waals surface area contributed by atoms with Crippen molar-refractivity contribution in [2.45, 2.75) is 0 Å². The molecule has 0 bridgehead atoms. The fourth-order valence-corrected chi connectivity index (χ4v) is 1.02. The average molecular weight is 191 g/mol. The van der Waals surface area contributed by atoms with Crippen molar-refractivity contribution in [1.29, 1.82) is 0 Å². The smallest absolute Gasteiger partial charge is 0.255 e. The predicted molar refractivity (Wildman–Crippen MR) is 40.9 cm³/mol. The summed E-state index contributed by atoms with van der Waals surface area (Å²) in [6.45, 7) is 0. The molecule has 0 radical (unpaired) electrons. The molecule has 3 N–H and O–H groups in total. The van der Waals surface area contributed by atoms with Crippen molar-refractivity contribution >= 4 is 16.0 Å². The van der Waals surface area contributed by atoms with Crippen LogP contribution in [-0.2, 0) is 10.2 Å². The number of halogens is 1. The second-order valence-electron chi connectivity index (χ2n) is 1.99. The fraction of sp³-hybridized carbons (Fsp3) is 0. The van der Waals surface area contributed by atoms with E-state index in [1.807, 2.05) is 4.72 Å². The van der Waals surface area contributed by atoms with Gasteiger partial charge in [0.2, 0.25) is 5.95 Å². The molecule has 0 spiro atoms. The average Bonchev–Trinajstić information content (AvgIpc) is 1.82. The number of nitrogens with one attached hydrogen (secondary N) is 1. The quantitative estimate of drug-likeness (QED) is 0.637. The van der Waals surface area contributed by atoms with E-state index in [-0.39, 0.29) is 5.82 Å². The van der Waals surface area contributed by atoms with Gasteiger partial charge in [0.15, 0.2) is 0 Å². The number of pyridine rings is 1. The van der Waals surface area contributed by atoms with Gasteiger partial charge in [-0.1, -0.05) is 6.07 Å². The highest BCUT2D eigenvalue weighted by Crippen LogP contribution is 2.03. The van der Waals surface area contributed by atoms with Crippen LogP contribution in [0.2, 0.25) is 0 Å². The molecular weight excluding hydrogens is 185 g/mol. The molecule has 0 aromatic carbocycles. The van der Waals surface area contributed by atoms with Gasteiger partial charge in [-0.3, -0.25) is 4.72 Å². The van der Waals surface area contributed by atoms with Gasteiger partial charge in [-0.15, -0.1) is 0 Å². The molecule has 0 atom stereocenters. The monoisotopic (exact) mass is 191 g/mol. The molecule has 0 aliphatic carbocycles. The SMILES string of the molecule is NS(=O)(=O)Nc1cccc(F)n1. The highest BCUT2D eigenvalue weighted by atomic mass is 32.2. The Hall–Kier alpha value is -1.21. The van der Waals surface area contributed by atoms with Crippen LogP contribution in [0.1, 0.15) is 0 Å². The van der Waals surface area contributed by atoms with Crippen LogP contribution in [0, 0.1) is 5.95 Å². The van der Waals surface area contributed by atoms with Crippen LogP contribution in [0.3, 0.4) is 0 Å². The van der Waals surface area contributed by atoms with Crippen molar-refractivity contribution in [1.82, 2.24) is 4.98 Å². The third-order valence-corrected chi connectivity index (χ3v) is 1.46. The predicted octanol–water partition coefficient (Wildman–Crippen LogP) is -0.164. The Kier molecular flexibility index (Phi) is 2.25. The van der Waals surface area contributed by atoms with Gasteiger partial charge in [0.1, 0.15) is 5.82 Å². The van der Waals surface area contributed by atoms with Crippen LogP contribution in [0.25, 0.3) is 0 Å². The first-order valence-corrected chi connectivity index (χ1v) is 4.45. The van der Waals surface area contributed by atoms with E-state index in [1.165, 1.54) is 12.1 Å². The molecule has 0 unspecified atom stereocenters. The Morgan fingerprint density at radius 2 is 2.17 bits per heavy atom. The lowest BCUT2D eigenvalue weighted by molar-refractivity contribution is 0.585. The second kappa shape index (κ2) is 3.03. The zero-order valence-electron chi connectivity index (χ0n) is 5.86. The molecule has 0 aliphatic heterocycles. The first-order chi connectivity index (χ1) is 5.47. The second-order valence-corrected chi connectivity index (χ2v) is 3.29. The van der Waals surface area contributed by atoms with Gasteiger partial charge in [-0.05, 0) is 12.1 Å². The summed E-state index contributed by atoms with van der Waals surface area (Å²) in [5.74, 6) is -0.916.